The summed E-state index contributed by atoms with van der Waals surface area (Å²) in [6.07, 6.45) is 0. The minimum Gasteiger partial charge on any atom is -0.484 e. The lowest BCUT2D eigenvalue weighted by atomic mass is 10.1. The number of carbonyl (C=O) groups is 1. The predicted molar refractivity (Wildman–Crippen MR) is 106 cm³/mol. The summed E-state index contributed by atoms with van der Waals surface area (Å²) in [5, 5.41) is 7.86. The Morgan fingerprint density at radius 2 is 2.12 bits per heavy atom. The lowest BCUT2D eigenvalue weighted by Gasteiger charge is -2.38. The van der Waals surface area contributed by atoms with E-state index in [9.17, 15) is 4.79 Å². The van der Waals surface area contributed by atoms with E-state index in [1.165, 1.54) is 5.56 Å². The second kappa shape index (κ2) is 9.37. The maximum Gasteiger partial charge on any atom is 0.258 e. The molecule has 7 heteroatoms. The highest BCUT2D eigenvalue weighted by atomic mass is 35.5. The van der Waals surface area contributed by atoms with Crippen molar-refractivity contribution in [3.05, 3.63) is 51.7 Å². The molecule has 2 heterocycles. The Balaban J connectivity index is 1.53. The second-order valence-corrected chi connectivity index (χ2v) is 7.68. The van der Waals surface area contributed by atoms with Crippen molar-refractivity contribution in [2.75, 3.05) is 46.4 Å². The minimum atomic E-state index is -0.126. The van der Waals surface area contributed by atoms with Crippen LogP contribution in [0.25, 0.3) is 0 Å². The number of ether oxygens (including phenoxy) is 1. The molecule has 1 aromatic carbocycles. The molecule has 0 saturated carbocycles. The summed E-state index contributed by atoms with van der Waals surface area (Å²) < 4.78 is 5.52. The zero-order valence-electron chi connectivity index (χ0n) is 14.9. The lowest BCUT2D eigenvalue weighted by molar-refractivity contribution is -0.123. The Bertz CT molecular complexity index is 703. The molecule has 1 unspecified atom stereocenters. The molecule has 2 aromatic rings. The van der Waals surface area contributed by atoms with Crippen molar-refractivity contribution in [1.82, 2.24) is 15.1 Å². The molecule has 1 N–H and O–H groups in total. The monoisotopic (exact) mass is 393 g/mol. The number of halogens is 1. The van der Waals surface area contributed by atoms with E-state index >= 15 is 0 Å². The van der Waals surface area contributed by atoms with Crippen LogP contribution >= 0.6 is 22.9 Å². The number of hydrogen-bond donors (Lipinski definition) is 1. The zero-order chi connectivity index (χ0) is 18.4. The fourth-order valence-corrected chi connectivity index (χ4v) is 3.91. The largest absolute Gasteiger partial charge is 0.484 e. The second-order valence-electron chi connectivity index (χ2n) is 6.46. The van der Waals surface area contributed by atoms with Crippen molar-refractivity contribution in [3.63, 3.8) is 0 Å². The average molecular weight is 394 g/mol. The molecule has 3 rings (SSSR count). The number of nitrogens with zero attached hydrogens (tertiary/aromatic N) is 2. The SMILES string of the molecule is CN1CCN(C(CNC(=O)COc2cccc(Cl)c2)c2ccsc2)CC1. The van der Waals surface area contributed by atoms with E-state index in [4.69, 9.17) is 16.3 Å². The molecule has 26 heavy (non-hydrogen) atoms. The Hall–Kier alpha value is -1.60. The number of likely N-dealkylation sites (N-methyl/N-ethyl adjacent to an activating group) is 1. The lowest BCUT2D eigenvalue weighted by Crippen LogP contribution is -2.48. The molecule has 0 bridgehead atoms. The van der Waals surface area contributed by atoms with E-state index in [1.54, 1.807) is 35.6 Å². The van der Waals surface area contributed by atoms with Crippen LogP contribution in [-0.4, -0.2) is 62.1 Å². The van der Waals surface area contributed by atoms with Crippen LogP contribution in [-0.2, 0) is 4.79 Å². The van der Waals surface area contributed by atoms with Crippen LogP contribution in [0.5, 0.6) is 5.75 Å². The van der Waals surface area contributed by atoms with E-state index in [0.717, 1.165) is 26.2 Å². The normalized spacial score (nSPS) is 17.0. The predicted octanol–water partition coefficient (Wildman–Crippen LogP) is 2.89. The van der Waals surface area contributed by atoms with Gasteiger partial charge >= 0.3 is 0 Å². The van der Waals surface area contributed by atoms with Gasteiger partial charge in [-0.05, 0) is 47.6 Å². The van der Waals surface area contributed by atoms with E-state index in [2.05, 4.69) is 39.0 Å². The molecule has 0 spiro atoms. The summed E-state index contributed by atoms with van der Waals surface area (Å²) in [4.78, 5) is 17.0. The quantitative estimate of drug-likeness (QED) is 0.785. The summed E-state index contributed by atoms with van der Waals surface area (Å²) in [5.41, 5.74) is 1.26. The molecule has 5 nitrogen and oxygen atoms in total. The highest BCUT2D eigenvalue weighted by molar-refractivity contribution is 7.07. The van der Waals surface area contributed by atoms with Gasteiger partial charge in [-0.2, -0.15) is 11.3 Å². The van der Waals surface area contributed by atoms with Crippen LogP contribution in [0.3, 0.4) is 0 Å². The van der Waals surface area contributed by atoms with Gasteiger partial charge in [0, 0.05) is 37.7 Å². The molecule has 1 aliphatic rings. The maximum atomic E-state index is 12.2. The standard InChI is InChI=1S/C19H24ClN3O2S/c1-22-6-8-23(9-7-22)18(15-5-10-26-14-15)12-21-19(24)13-25-17-4-2-3-16(20)11-17/h2-5,10-11,14,18H,6-9,12-13H2,1H3,(H,21,24). The van der Waals surface area contributed by atoms with E-state index < -0.39 is 0 Å². The van der Waals surface area contributed by atoms with Gasteiger partial charge in [0.05, 0.1) is 6.04 Å². The third-order valence-electron chi connectivity index (χ3n) is 4.57. The number of amides is 1. The first-order valence-corrected chi connectivity index (χ1v) is 10.0. The number of hydrogen-bond acceptors (Lipinski definition) is 5. The van der Waals surface area contributed by atoms with Gasteiger partial charge in [-0.3, -0.25) is 9.69 Å². The van der Waals surface area contributed by atoms with Gasteiger partial charge in [0.25, 0.3) is 5.91 Å². The average Bonchev–Trinajstić information content (AvgIpc) is 3.16. The Kier molecular flexibility index (Phi) is 6.91. The molecule has 1 atom stereocenters. The molecule has 1 saturated heterocycles. The summed E-state index contributed by atoms with van der Waals surface area (Å²) >= 11 is 7.62. The van der Waals surface area contributed by atoms with Crippen molar-refractivity contribution in [3.8, 4) is 5.75 Å². The molecule has 140 valence electrons. The fourth-order valence-electron chi connectivity index (χ4n) is 3.02. The van der Waals surface area contributed by atoms with Crippen LogP contribution in [0.2, 0.25) is 5.02 Å². The van der Waals surface area contributed by atoms with Crippen LogP contribution in [0.1, 0.15) is 11.6 Å². The summed E-state index contributed by atoms with van der Waals surface area (Å²) in [5.74, 6) is 0.473. The minimum absolute atomic E-state index is 0.0144. The zero-order valence-corrected chi connectivity index (χ0v) is 16.4. The van der Waals surface area contributed by atoms with Crippen molar-refractivity contribution in [2.45, 2.75) is 6.04 Å². The Morgan fingerprint density at radius 1 is 1.31 bits per heavy atom. The van der Waals surface area contributed by atoms with Crippen molar-refractivity contribution in [2.24, 2.45) is 0 Å². The van der Waals surface area contributed by atoms with E-state index in [1.807, 2.05) is 0 Å². The van der Waals surface area contributed by atoms with Crippen molar-refractivity contribution < 1.29 is 9.53 Å². The van der Waals surface area contributed by atoms with Gasteiger partial charge in [-0.25, -0.2) is 0 Å². The van der Waals surface area contributed by atoms with Gasteiger partial charge in [-0.15, -0.1) is 0 Å². The third kappa shape index (κ3) is 5.45. The van der Waals surface area contributed by atoms with E-state index in [0.29, 0.717) is 17.3 Å². The summed E-state index contributed by atoms with van der Waals surface area (Å²) in [6.45, 7) is 4.67. The Morgan fingerprint density at radius 3 is 2.81 bits per heavy atom. The first-order valence-electron chi connectivity index (χ1n) is 8.71. The highest BCUT2D eigenvalue weighted by Gasteiger charge is 2.24. The van der Waals surface area contributed by atoms with Crippen LogP contribution in [0.4, 0.5) is 0 Å². The van der Waals surface area contributed by atoms with Crippen LogP contribution < -0.4 is 10.1 Å². The van der Waals surface area contributed by atoms with Gasteiger partial charge in [-0.1, -0.05) is 17.7 Å². The topological polar surface area (TPSA) is 44.8 Å². The van der Waals surface area contributed by atoms with Crippen LogP contribution in [0.15, 0.2) is 41.1 Å². The fraction of sp³-hybridized carbons (Fsp3) is 0.421. The highest BCUT2D eigenvalue weighted by Crippen LogP contribution is 2.23. The Labute approximate surface area is 163 Å². The molecular formula is C19H24ClN3O2S. The van der Waals surface area contributed by atoms with E-state index in [-0.39, 0.29) is 18.6 Å². The van der Waals surface area contributed by atoms with Crippen LogP contribution in [0, 0.1) is 0 Å². The number of rotatable bonds is 7. The summed E-state index contributed by atoms with van der Waals surface area (Å²) in [7, 11) is 2.14. The number of piperazine rings is 1. The third-order valence-corrected chi connectivity index (χ3v) is 5.50. The van der Waals surface area contributed by atoms with Crippen molar-refractivity contribution in [1.29, 1.82) is 0 Å². The summed E-state index contributed by atoms with van der Waals surface area (Å²) in [6, 6.07) is 9.41. The van der Waals surface area contributed by atoms with Gasteiger partial charge in [0.1, 0.15) is 5.75 Å². The van der Waals surface area contributed by atoms with Gasteiger partial charge in [0.2, 0.25) is 0 Å². The first-order chi connectivity index (χ1) is 12.6. The number of nitrogens with one attached hydrogen (secondary N) is 1. The smallest absolute Gasteiger partial charge is 0.258 e. The molecule has 0 radical (unpaired) electrons. The van der Waals surface area contributed by atoms with Gasteiger partial charge in [0.15, 0.2) is 6.61 Å². The molecule has 1 amide bonds. The first kappa shape index (κ1) is 19.2. The number of carbonyl (C=O) groups excluding carboxylic acids is 1. The molecule has 1 aromatic heterocycles. The van der Waals surface area contributed by atoms with Gasteiger partial charge < -0.3 is 15.0 Å². The number of thiophene rings is 1. The molecule has 1 aliphatic heterocycles. The molecule has 1 fully saturated rings. The molecule has 0 aliphatic carbocycles. The maximum absolute atomic E-state index is 12.2. The van der Waals surface area contributed by atoms with Crippen molar-refractivity contribution >= 4 is 28.8 Å². The number of benzene rings is 1. The molecular weight excluding hydrogens is 370 g/mol.